The van der Waals surface area contributed by atoms with Gasteiger partial charge in [0.15, 0.2) is 5.60 Å². The van der Waals surface area contributed by atoms with Crippen LogP contribution in [-0.2, 0) is 21.7 Å². The second-order valence-corrected chi connectivity index (χ2v) is 9.75. The van der Waals surface area contributed by atoms with E-state index in [0.717, 1.165) is 29.3 Å². The molecule has 0 aliphatic carbocycles. The Morgan fingerprint density at radius 1 is 1.24 bits per heavy atom. The Balaban J connectivity index is 1.56. The molecule has 1 N–H and O–H groups in total. The van der Waals surface area contributed by atoms with E-state index in [1.807, 2.05) is 24.3 Å². The van der Waals surface area contributed by atoms with E-state index in [2.05, 4.69) is 6.07 Å². The lowest BCUT2D eigenvalue weighted by Crippen LogP contribution is -2.45. The Kier molecular flexibility index (Phi) is 4.71. The average Bonchev–Trinajstić information content (AvgIpc) is 3.40. The molecule has 0 amide bonds. The molecule has 8 nitrogen and oxygen atoms in total. The lowest BCUT2D eigenvalue weighted by molar-refractivity contribution is -0.868. The number of aromatic nitrogens is 2. The van der Waals surface area contributed by atoms with Gasteiger partial charge in [0.25, 0.3) is 5.56 Å². The summed E-state index contributed by atoms with van der Waals surface area (Å²) in [4.78, 5) is 31.2. The fraction of sp³-hybridized carbons (Fsp3) is 0.423. The van der Waals surface area contributed by atoms with Crippen molar-refractivity contribution in [3.63, 3.8) is 0 Å². The molecule has 34 heavy (non-hydrogen) atoms. The maximum atomic E-state index is 13.8. The number of cyclic esters (lactones) is 1. The lowest BCUT2D eigenvalue weighted by Gasteiger charge is -2.39. The molecule has 6 rings (SSSR count). The van der Waals surface area contributed by atoms with Gasteiger partial charge in [0, 0.05) is 35.8 Å². The summed E-state index contributed by atoms with van der Waals surface area (Å²) in [5.41, 5.74) is 1.38. The highest BCUT2D eigenvalue weighted by Crippen LogP contribution is 2.44. The van der Waals surface area contributed by atoms with Crippen LogP contribution in [0, 0.1) is 5.21 Å². The lowest BCUT2D eigenvalue weighted by atomic mass is 9.86. The van der Waals surface area contributed by atoms with Gasteiger partial charge >= 0.3 is 5.97 Å². The first kappa shape index (κ1) is 21.5. The van der Waals surface area contributed by atoms with Gasteiger partial charge in [-0.1, -0.05) is 25.1 Å². The second kappa shape index (κ2) is 7.46. The molecular formula is C26H27N3O5. The fourth-order valence-electron chi connectivity index (χ4n) is 5.87. The van der Waals surface area contributed by atoms with Gasteiger partial charge in [-0.2, -0.15) is 0 Å². The van der Waals surface area contributed by atoms with E-state index in [-0.39, 0.29) is 29.3 Å². The summed E-state index contributed by atoms with van der Waals surface area (Å²) < 4.78 is 6.69. The van der Waals surface area contributed by atoms with Gasteiger partial charge in [0.2, 0.25) is 0 Å². The molecule has 1 fully saturated rings. The molecular weight excluding hydrogens is 434 g/mol. The Morgan fingerprint density at radius 2 is 2.00 bits per heavy atom. The molecule has 3 aliphatic rings. The second-order valence-electron chi connectivity index (χ2n) is 9.75. The predicted octanol–water partition coefficient (Wildman–Crippen LogP) is 3.12. The molecule has 3 aliphatic heterocycles. The summed E-state index contributed by atoms with van der Waals surface area (Å²) in [7, 11) is 0. The standard InChI is InChI=1S/C26H27N3O5/c1-2-26(32)19-14-22-23-17(13-16-7-3-4-8-20(16)27-23)21(9-12-29(33)10-5-6-11-29)28(22)24(30)18(19)15-34-25(26)31/h3-4,7-8,13-14,21,32H,2,5-6,9-12,15H2,1H3/t21?,26-/m0/s1. The molecule has 1 saturated heterocycles. The van der Waals surface area contributed by atoms with Crippen LogP contribution in [0.2, 0.25) is 0 Å². The summed E-state index contributed by atoms with van der Waals surface area (Å²) in [6.07, 6.45) is 2.48. The number of likely N-dealkylation sites (tertiary alicyclic amines) is 1. The number of quaternary nitrogens is 1. The number of esters is 1. The zero-order valence-corrected chi connectivity index (χ0v) is 19.1. The number of rotatable bonds is 4. The highest BCUT2D eigenvalue weighted by Gasteiger charge is 2.46. The van der Waals surface area contributed by atoms with Gasteiger partial charge < -0.3 is 19.7 Å². The Morgan fingerprint density at radius 3 is 2.76 bits per heavy atom. The number of carbonyl (C=O) groups is 1. The van der Waals surface area contributed by atoms with Crippen LogP contribution >= 0.6 is 0 Å². The summed E-state index contributed by atoms with van der Waals surface area (Å²) >= 11 is 0. The quantitative estimate of drug-likeness (QED) is 0.364. The SMILES string of the molecule is CC[C@@]1(O)C(=O)OCc2c1cc1n(c2=O)C(CC[N+]2([O-])CCCC2)c2cc3ccccc3nc2-1. The molecule has 1 aromatic carbocycles. The van der Waals surface area contributed by atoms with Crippen LogP contribution < -0.4 is 5.56 Å². The maximum absolute atomic E-state index is 13.8. The molecule has 2 aromatic heterocycles. The minimum absolute atomic E-state index is 0.0966. The summed E-state index contributed by atoms with van der Waals surface area (Å²) in [6.45, 7) is 3.17. The minimum atomic E-state index is -1.86. The fourth-order valence-corrected chi connectivity index (χ4v) is 5.87. The van der Waals surface area contributed by atoms with E-state index in [1.54, 1.807) is 17.6 Å². The topological polar surface area (TPSA) is 104 Å². The Bertz CT molecular complexity index is 1390. The molecule has 0 bridgehead atoms. The number of fused-ring (bicyclic) bond motifs is 5. The summed E-state index contributed by atoms with van der Waals surface area (Å²) in [5, 5.41) is 25.2. The van der Waals surface area contributed by atoms with Crippen molar-refractivity contribution in [3.8, 4) is 11.4 Å². The molecule has 0 spiro atoms. The first-order chi connectivity index (χ1) is 16.3. The summed E-state index contributed by atoms with van der Waals surface area (Å²) in [6, 6.07) is 11.2. The van der Waals surface area contributed by atoms with Crippen LogP contribution in [0.4, 0.5) is 0 Å². The van der Waals surface area contributed by atoms with Crippen molar-refractivity contribution < 1.29 is 19.3 Å². The van der Waals surface area contributed by atoms with Crippen LogP contribution in [-0.4, -0.2) is 44.9 Å². The van der Waals surface area contributed by atoms with Gasteiger partial charge in [0.05, 0.1) is 48.1 Å². The molecule has 176 valence electrons. The van der Waals surface area contributed by atoms with Gasteiger partial charge in [-0.05, 0) is 24.6 Å². The zero-order valence-electron chi connectivity index (χ0n) is 19.1. The van der Waals surface area contributed by atoms with Crippen molar-refractivity contribution in [2.45, 2.75) is 50.9 Å². The molecule has 5 heterocycles. The van der Waals surface area contributed by atoms with Crippen molar-refractivity contribution in [3.05, 3.63) is 68.6 Å². The van der Waals surface area contributed by atoms with E-state index in [9.17, 15) is 19.9 Å². The number of benzene rings is 1. The van der Waals surface area contributed by atoms with Crippen molar-refractivity contribution in [2.75, 3.05) is 19.6 Å². The molecule has 0 radical (unpaired) electrons. The van der Waals surface area contributed by atoms with Crippen molar-refractivity contribution in [1.29, 1.82) is 0 Å². The van der Waals surface area contributed by atoms with Crippen LogP contribution in [0.3, 0.4) is 0 Å². The monoisotopic (exact) mass is 461 g/mol. The maximum Gasteiger partial charge on any atom is 0.343 e. The number of hydrogen-bond acceptors (Lipinski definition) is 6. The molecule has 0 saturated carbocycles. The number of nitrogens with zero attached hydrogens (tertiary/aromatic N) is 3. The first-order valence-electron chi connectivity index (χ1n) is 12.0. The third-order valence-electron chi connectivity index (χ3n) is 7.84. The number of hydrogen-bond donors (Lipinski definition) is 1. The van der Waals surface area contributed by atoms with E-state index < -0.39 is 11.6 Å². The van der Waals surface area contributed by atoms with Crippen LogP contribution in [0.15, 0.2) is 41.2 Å². The number of ether oxygens (including phenoxy) is 1. The predicted molar refractivity (Wildman–Crippen MR) is 126 cm³/mol. The number of pyridine rings is 2. The van der Waals surface area contributed by atoms with E-state index in [4.69, 9.17) is 9.72 Å². The van der Waals surface area contributed by atoms with E-state index >= 15 is 0 Å². The number of aliphatic hydroxyl groups is 1. The van der Waals surface area contributed by atoms with Gasteiger partial charge in [-0.25, -0.2) is 9.78 Å². The molecule has 2 atom stereocenters. The van der Waals surface area contributed by atoms with Crippen molar-refractivity contribution in [1.82, 2.24) is 9.55 Å². The van der Waals surface area contributed by atoms with Gasteiger partial charge in [-0.15, -0.1) is 0 Å². The summed E-state index contributed by atoms with van der Waals surface area (Å²) in [5.74, 6) is -0.736. The Labute approximate surface area is 196 Å². The van der Waals surface area contributed by atoms with Crippen LogP contribution in [0.1, 0.15) is 55.3 Å². The third-order valence-corrected chi connectivity index (χ3v) is 7.84. The zero-order chi connectivity index (χ0) is 23.7. The molecule has 8 heteroatoms. The van der Waals surface area contributed by atoms with Crippen LogP contribution in [0.25, 0.3) is 22.3 Å². The molecule has 3 aromatic rings. The van der Waals surface area contributed by atoms with E-state index in [0.29, 0.717) is 48.6 Å². The van der Waals surface area contributed by atoms with E-state index in [1.165, 1.54) is 0 Å². The smallest absolute Gasteiger partial charge is 0.343 e. The highest BCUT2D eigenvalue weighted by molar-refractivity contribution is 5.86. The van der Waals surface area contributed by atoms with Crippen LogP contribution in [0.5, 0.6) is 0 Å². The van der Waals surface area contributed by atoms with Crippen molar-refractivity contribution >= 4 is 16.9 Å². The highest BCUT2D eigenvalue weighted by atomic mass is 16.6. The first-order valence-corrected chi connectivity index (χ1v) is 12.0. The average molecular weight is 462 g/mol. The minimum Gasteiger partial charge on any atom is -0.633 e. The normalized spacial score (nSPS) is 24.6. The number of hydroxylamine groups is 3. The van der Waals surface area contributed by atoms with Gasteiger partial charge in [0.1, 0.15) is 6.61 Å². The number of carbonyl (C=O) groups excluding carboxylic acids is 1. The Hall–Kier alpha value is -3.07. The van der Waals surface area contributed by atoms with Gasteiger partial charge in [-0.3, -0.25) is 9.36 Å². The van der Waals surface area contributed by atoms with Crippen molar-refractivity contribution in [2.24, 2.45) is 0 Å². The number of para-hydroxylation sites is 1. The molecule has 1 unspecified atom stereocenters. The largest absolute Gasteiger partial charge is 0.633 e. The third kappa shape index (κ3) is 2.99.